The highest BCUT2D eigenvalue weighted by molar-refractivity contribution is 6.62. The van der Waals surface area contributed by atoms with Gasteiger partial charge in [-0.05, 0) is 45.6 Å². The number of esters is 1. The van der Waals surface area contributed by atoms with Crippen molar-refractivity contribution in [1.29, 1.82) is 0 Å². The summed E-state index contributed by atoms with van der Waals surface area (Å²) in [6, 6.07) is 9.43. The van der Waals surface area contributed by atoms with Crippen molar-refractivity contribution in [2.24, 2.45) is 0 Å². The number of aryl methyl sites for hydroxylation is 1. The molecule has 1 saturated heterocycles. The summed E-state index contributed by atoms with van der Waals surface area (Å²) in [6.45, 7) is 10.2. The van der Waals surface area contributed by atoms with Crippen LogP contribution >= 0.6 is 0 Å². The van der Waals surface area contributed by atoms with Gasteiger partial charge in [-0.1, -0.05) is 24.3 Å². The van der Waals surface area contributed by atoms with E-state index in [0.29, 0.717) is 18.1 Å². The minimum Gasteiger partial charge on any atom is -0.485 e. The van der Waals surface area contributed by atoms with Gasteiger partial charge in [0.1, 0.15) is 12.4 Å². The molecule has 1 fully saturated rings. The van der Waals surface area contributed by atoms with Gasteiger partial charge in [0.05, 0.1) is 18.3 Å². The largest absolute Gasteiger partial charge is 0.494 e. The van der Waals surface area contributed by atoms with Crippen LogP contribution in [0.15, 0.2) is 34.7 Å². The third-order valence-corrected chi connectivity index (χ3v) is 5.16. The van der Waals surface area contributed by atoms with Crippen molar-refractivity contribution in [1.82, 2.24) is 0 Å². The molecule has 0 spiro atoms. The van der Waals surface area contributed by atoms with Gasteiger partial charge in [0.2, 0.25) is 5.76 Å². The molecule has 1 aliphatic rings. The Morgan fingerprint density at radius 2 is 1.67 bits per heavy atom. The SMILES string of the molecule is COC(=O)c1cc(OCc2ccc(B3OC(C)(C)C(C)(C)O3)cc2)c(C)o1. The summed E-state index contributed by atoms with van der Waals surface area (Å²) in [5.41, 5.74) is 1.21. The zero-order valence-corrected chi connectivity index (χ0v) is 16.6. The van der Waals surface area contributed by atoms with Crippen LogP contribution in [0, 0.1) is 6.92 Å². The Labute approximate surface area is 159 Å². The molecule has 6 nitrogen and oxygen atoms in total. The van der Waals surface area contributed by atoms with Crippen LogP contribution in [-0.4, -0.2) is 31.4 Å². The van der Waals surface area contributed by atoms with E-state index in [0.717, 1.165) is 11.0 Å². The Morgan fingerprint density at radius 3 is 2.22 bits per heavy atom. The molecule has 0 atom stereocenters. The van der Waals surface area contributed by atoms with Crippen molar-refractivity contribution in [3.05, 3.63) is 47.4 Å². The minimum absolute atomic E-state index is 0.126. The third-order valence-electron chi connectivity index (χ3n) is 5.16. The number of ether oxygens (including phenoxy) is 2. The van der Waals surface area contributed by atoms with Gasteiger partial charge in [-0.25, -0.2) is 4.79 Å². The Kier molecular flexibility index (Phi) is 5.10. The second kappa shape index (κ2) is 7.05. The normalized spacial score (nSPS) is 17.8. The second-order valence-corrected chi connectivity index (χ2v) is 7.64. The van der Waals surface area contributed by atoms with E-state index >= 15 is 0 Å². The molecular weight excluding hydrogens is 347 g/mol. The topological polar surface area (TPSA) is 67.1 Å². The van der Waals surface area contributed by atoms with Crippen molar-refractivity contribution in [3.63, 3.8) is 0 Å². The van der Waals surface area contributed by atoms with E-state index in [1.165, 1.54) is 7.11 Å². The van der Waals surface area contributed by atoms with Crippen LogP contribution in [0.25, 0.3) is 0 Å². The molecule has 2 heterocycles. The van der Waals surface area contributed by atoms with Crippen LogP contribution in [0.1, 0.15) is 49.6 Å². The Balaban J connectivity index is 1.64. The van der Waals surface area contributed by atoms with E-state index in [4.69, 9.17) is 18.5 Å². The van der Waals surface area contributed by atoms with Crippen molar-refractivity contribution in [3.8, 4) is 5.75 Å². The highest BCUT2D eigenvalue weighted by Crippen LogP contribution is 2.36. The molecule has 0 N–H and O–H groups in total. The predicted molar refractivity (Wildman–Crippen MR) is 101 cm³/mol. The van der Waals surface area contributed by atoms with Crippen LogP contribution in [0.4, 0.5) is 0 Å². The number of hydrogen-bond acceptors (Lipinski definition) is 6. The van der Waals surface area contributed by atoms with E-state index in [2.05, 4.69) is 4.74 Å². The molecule has 1 aromatic heterocycles. The zero-order valence-electron chi connectivity index (χ0n) is 16.6. The Hall–Kier alpha value is -2.25. The first kappa shape index (κ1) is 19.5. The smallest absolute Gasteiger partial charge is 0.485 e. The molecule has 144 valence electrons. The van der Waals surface area contributed by atoms with Gasteiger partial charge in [0.15, 0.2) is 5.75 Å². The first-order valence-corrected chi connectivity index (χ1v) is 8.89. The summed E-state index contributed by atoms with van der Waals surface area (Å²) >= 11 is 0. The summed E-state index contributed by atoms with van der Waals surface area (Å²) in [7, 11) is 0.922. The minimum atomic E-state index is -0.528. The fourth-order valence-electron chi connectivity index (χ4n) is 2.72. The maximum absolute atomic E-state index is 11.5. The van der Waals surface area contributed by atoms with Gasteiger partial charge in [0, 0.05) is 6.07 Å². The van der Waals surface area contributed by atoms with E-state index in [1.807, 2.05) is 52.0 Å². The monoisotopic (exact) mass is 372 g/mol. The van der Waals surface area contributed by atoms with Crippen molar-refractivity contribution < 1.29 is 28.0 Å². The lowest BCUT2D eigenvalue weighted by molar-refractivity contribution is 0.00578. The quantitative estimate of drug-likeness (QED) is 0.593. The summed E-state index contributed by atoms with van der Waals surface area (Å²) in [5.74, 6) is 0.649. The van der Waals surface area contributed by atoms with Crippen LogP contribution in [0.3, 0.4) is 0 Å². The van der Waals surface area contributed by atoms with Crippen molar-refractivity contribution in [2.75, 3.05) is 7.11 Å². The van der Waals surface area contributed by atoms with Crippen LogP contribution in [-0.2, 0) is 20.7 Å². The van der Waals surface area contributed by atoms with E-state index < -0.39 is 5.97 Å². The molecule has 1 aromatic carbocycles. The average Bonchev–Trinajstić information content (AvgIpc) is 3.09. The van der Waals surface area contributed by atoms with Crippen molar-refractivity contribution >= 4 is 18.6 Å². The molecule has 0 radical (unpaired) electrons. The lowest BCUT2D eigenvalue weighted by atomic mass is 9.79. The molecule has 0 aliphatic carbocycles. The number of hydrogen-bond donors (Lipinski definition) is 0. The van der Waals surface area contributed by atoms with Crippen LogP contribution in [0.2, 0.25) is 0 Å². The second-order valence-electron chi connectivity index (χ2n) is 7.64. The fraction of sp³-hybridized carbons (Fsp3) is 0.450. The maximum atomic E-state index is 11.5. The van der Waals surface area contributed by atoms with Gasteiger partial charge in [-0.15, -0.1) is 0 Å². The lowest BCUT2D eigenvalue weighted by Crippen LogP contribution is -2.41. The molecule has 0 amide bonds. The van der Waals surface area contributed by atoms with Crippen molar-refractivity contribution in [2.45, 2.75) is 52.4 Å². The number of benzene rings is 1. The highest BCUT2D eigenvalue weighted by Gasteiger charge is 2.51. The summed E-state index contributed by atoms with van der Waals surface area (Å²) < 4.78 is 27.9. The molecule has 1 aliphatic heterocycles. The highest BCUT2D eigenvalue weighted by atomic mass is 16.7. The Bertz CT molecular complexity index is 805. The van der Waals surface area contributed by atoms with Gasteiger partial charge in [-0.3, -0.25) is 0 Å². The van der Waals surface area contributed by atoms with Gasteiger partial charge in [0.25, 0.3) is 0 Å². The van der Waals surface area contributed by atoms with Gasteiger partial charge < -0.3 is 23.2 Å². The average molecular weight is 372 g/mol. The molecule has 7 heteroatoms. The number of rotatable bonds is 5. The number of carbonyl (C=O) groups is 1. The van der Waals surface area contributed by atoms with Gasteiger partial charge >= 0.3 is 13.1 Å². The zero-order chi connectivity index (χ0) is 19.8. The van der Waals surface area contributed by atoms with E-state index in [9.17, 15) is 4.79 Å². The van der Waals surface area contributed by atoms with Crippen LogP contribution < -0.4 is 10.2 Å². The molecular formula is C20H25BO6. The van der Waals surface area contributed by atoms with Crippen LogP contribution in [0.5, 0.6) is 5.75 Å². The van der Waals surface area contributed by atoms with E-state index in [-0.39, 0.29) is 24.1 Å². The number of methoxy groups -OCH3 is 1. The maximum Gasteiger partial charge on any atom is 0.494 e. The first-order valence-electron chi connectivity index (χ1n) is 8.89. The predicted octanol–water partition coefficient (Wildman–Crippen LogP) is 3.25. The third kappa shape index (κ3) is 3.89. The lowest BCUT2D eigenvalue weighted by Gasteiger charge is -2.32. The summed E-state index contributed by atoms with van der Waals surface area (Å²) in [5, 5.41) is 0. The number of furan rings is 1. The van der Waals surface area contributed by atoms with Gasteiger partial charge in [-0.2, -0.15) is 0 Å². The molecule has 0 bridgehead atoms. The van der Waals surface area contributed by atoms with E-state index in [1.54, 1.807) is 13.0 Å². The number of carbonyl (C=O) groups excluding carboxylic acids is 1. The Morgan fingerprint density at radius 1 is 1.07 bits per heavy atom. The molecule has 0 saturated carbocycles. The molecule has 2 aromatic rings. The summed E-state index contributed by atoms with van der Waals surface area (Å²) in [6.07, 6.45) is 0. The molecule has 27 heavy (non-hydrogen) atoms. The summed E-state index contributed by atoms with van der Waals surface area (Å²) in [4.78, 5) is 11.5. The molecule has 3 rings (SSSR count). The fourth-order valence-corrected chi connectivity index (χ4v) is 2.72. The standard InChI is InChI=1S/C20H25BO6/c1-13-16(11-17(25-13)18(22)23-6)24-12-14-7-9-15(10-8-14)21-26-19(2,3)20(4,5)27-21/h7-11H,12H2,1-6H3. The first-order chi connectivity index (χ1) is 12.6. The molecule has 0 unspecified atom stereocenters.